The summed E-state index contributed by atoms with van der Waals surface area (Å²) in [6.07, 6.45) is -0.557. The highest BCUT2D eigenvalue weighted by Crippen LogP contribution is 2.18. The van der Waals surface area contributed by atoms with Crippen molar-refractivity contribution in [2.45, 2.75) is 32.9 Å². The van der Waals surface area contributed by atoms with Crippen LogP contribution in [-0.2, 0) is 4.79 Å². The smallest absolute Gasteiger partial charge is 0.261 e. The molecular weight excluding hydrogens is 330 g/mol. The molecular formula is C14H19BrClNO2. The van der Waals surface area contributed by atoms with Crippen molar-refractivity contribution in [3.63, 3.8) is 0 Å². The van der Waals surface area contributed by atoms with E-state index in [2.05, 4.69) is 35.1 Å². The molecule has 1 aromatic rings. The summed E-state index contributed by atoms with van der Waals surface area (Å²) in [6, 6.07) is 7.12. The number of carbonyl (C=O) groups excluding carboxylic acids is 1. The number of nitrogens with one attached hydrogen (secondary N) is 1. The van der Waals surface area contributed by atoms with Crippen LogP contribution in [0.15, 0.2) is 24.3 Å². The fraction of sp³-hybridized carbons (Fsp3) is 0.500. The van der Waals surface area contributed by atoms with Gasteiger partial charge in [-0.05, 0) is 31.0 Å². The van der Waals surface area contributed by atoms with E-state index in [-0.39, 0.29) is 11.9 Å². The molecule has 0 aliphatic carbocycles. The zero-order valence-electron chi connectivity index (χ0n) is 11.3. The van der Waals surface area contributed by atoms with Crippen molar-refractivity contribution in [1.82, 2.24) is 5.32 Å². The lowest BCUT2D eigenvalue weighted by Gasteiger charge is -2.22. The zero-order chi connectivity index (χ0) is 14.4. The standard InChI is InChI=1S/C14H19BrClNO2/c1-9(2)13(8-15)17-14(18)10(3)19-12-6-4-5-11(16)7-12/h4-7,9-10,13H,8H2,1-3H3,(H,17,18). The lowest BCUT2D eigenvalue weighted by molar-refractivity contribution is -0.128. The number of halogens is 2. The van der Waals surface area contributed by atoms with Crippen LogP contribution in [0, 0.1) is 5.92 Å². The second-order valence-corrected chi connectivity index (χ2v) is 5.81. The Bertz CT molecular complexity index is 426. The average Bonchev–Trinajstić information content (AvgIpc) is 2.35. The van der Waals surface area contributed by atoms with Gasteiger partial charge < -0.3 is 10.1 Å². The molecule has 19 heavy (non-hydrogen) atoms. The molecule has 0 saturated heterocycles. The van der Waals surface area contributed by atoms with E-state index in [4.69, 9.17) is 16.3 Å². The molecule has 2 atom stereocenters. The Hall–Kier alpha value is -0.740. The van der Waals surface area contributed by atoms with Gasteiger partial charge in [0.25, 0.3) is 5.91 Å². The van der Waals surface area contributed by atoms with Crippen molar-refractivity contribution >= 4 is 33.4 Å². The van der Waals surface area contributed by atoms with Crippen LogP contribution in [0.3, 0.4) is 0 Å². The normalized spacial score (nSPS) is 14.0. The number of amides is 1. The minimum atomic E-state index is -0.557. The third kappa shape index (κ3) is 5.41. The molecule has 0 fully saturated rings. The lowest BCUT2D eigenvalue weighted by atomic mass is 10.1. The third-order valence-electron chi connectivity index (χ3n) is 2.78. The number of carbonyl (C=O) groups is 1. The van der Waals surface area contributed by atoms with Crippen molar-refractivity contribution in [3.05, 3.63) is 29.3 Å². The monoisotopic (exact) mass is 347 g/mol. The Morgan fingerprint density at radius 3 is 2.63 bits per heavy atom. The Labute approximate surface area is 127 Å². The molecule has 0 aliphatic heterocycles. The number of rotatable bonds is 6. The van der Waals surface area contributed by atoms with E-state index in [0.717, 1.165) is 5.33 Å². The number of hydrogen-bond acceptors (Lipinski definition) is 2. The summed E-state index contributed by atoms with van der Waals surface area (Å²) < 4.78 is 5.57. The number of ether oxygens (including phenoxy) is 1. The Kier molecular flexibility index (Phi) is 6.66. The topological polar surface area (TPSA) is 38.3 Å². The molecule has 0 radical (unpaired) electrons. The van der Waals surface area contributed by atoms with Crippen LogP contribution in [0.5, 0.6) is 5.75 Å². The molecule has 0 aliphatic rings. The van der Waals surface area contributed by atoms with Crippen LogP contribution in [0.25, 0.3) is 0 Å². The van der Waals surface area contributed by atoms with Crippen molar-refractivity contribution < 1.29 is 9.53 Å². The second kappa shape index (κ2) is 7.75. The minimum Gasteiger partial charge on any atom is -0.481 e. The van der Waals surface area contributed by atoms with Crippen molar-refractivity contribution in [2.24, 2.45) is 5.92 Å². The molecule has 2 unspecified atom stereocenters. The summed E-state index contributed by atoms with van der Waals surface area (Å²) in [5, 5.41) is 4.27. The second-order valence-electron chi connectivity index (χ2n) is 4.73. The highest BCUT2D eigenvalue weighted by atomic mass is 79.9. The summed E-state index contributed by atoms with van der Waals surface area (Å²) >= 11 is 9.27. The van der Waals surface area contributed by atoms with E-state index in [9.17, 15) is 4.79 Å². The zero-order valence-corrected chi connectivity index (χ0v) is 13.7. The molecule has 5 heteroatoms. The SMILES string of the molecule is CC(Oc1cccc(Cl)c1)C(=O)NC(CBr)C(C)C. The lowest BCUT2D eigenvalue weighted by Crippen LogP contribution is -2.45. The van der Waals surface area contributed by atoms with E-state index in [1.54, 1.807) is 31.2 Å². The average molecular weight is 349 g/mol. The summed E-state index contributed by atoms with van der Waals surface area (Å²) in [5.41, 5.74) is 0. The maximum atomic E-state index is 12.0. The molecule has 0 saturated carbocycles. The number of benzene rings is 1. The summed E-state index contributed by atoms with van der Waals surface area (Å²) in [6.45, 7) is 5.85. The van der Waals surface area contributed by atoms with Gasteiger partial charge in [0.15, 0.2) is 6.10 Å². The summed E-state index contributed by atoms with van der Waals surface area (Å²) in [7, 11) is 0. The first-order valence-corrected chi connectivity index (χ1v) is 7.72. The van der Waals surface area contributed by atoms with Gasteiger partial charge in [0.05, 0.1) is 0 Å². The molecule has 1 N–H and O–H groups in total. The first-order valence-electron chi connectivity index (χ1n) is 6.22. The molecule has 0 aromatic heterocycles. The predicted molar refractivity (Wildman–Crippen MR) is 82.1 cm³/mol. The fourth-order valence-electron chi connectivity index (χ4n) is 1.48. The van der Waals surface area contributed by atoms with Crippen LogP contribution >= 0.6 is 27.5 Å². The van der Waals surface area contributed by atoms with Gasteiger partial charge in [0.1, 0.15) is 5.75 Å². The molecule has 1 aromatic carbocycles. The quantitative estimate of drug-likeness (QED) is 0.797. The van der Waals surface area contributed by atoms with Gasteiger partial charge in [-0.1, -0.05) is 47.4 Å². The van der Waals surface area contributed by atoms with Crippen LogP contribution in [0.2, 0.25) is 5.02 Å². The highest BCUT2D eigenvalue weighted by Gasteiger charge is 2.20. The number of hydrogen-bond donors (Lipinski definition) is 1. The van der Waals surface area contributed by atoms with Gasteiger partial charge in [-0.15, -0.1) is 0 Å². The van der Waals surface area contributed by atoms with Crippen LogP contribution in [0.1, 0.15) is 20.8 Å². The first-order chi connectivity index (χ1) is 8.93. The number of alkyl halides is 1. The van der Waals surface area contributed by atoms with Crippen molar-refractivity contribution in [1.29, 1.82) is 0 Å². The highest BCUT2D eigenvalue weighted by molar-refractivity contribution is 9.09. The molecule has 0 heterocycles. The Morgan fingerprint density at radius 1 is 1.42 bits per heavy atom. The molecule has 1 amide bonds. The van der Waals surface area contributed by atoms with E-state index >= 15 is 0 Å². The van der Waals surface area contributed by atoms with Gasteiger partial charge in [0.2, 0.25) is 0 Å². The van der Waals surface area contributed by atoms with E-state index in [1.807, 2.05) is 0 Å². The predicted octanol–water partition coefficient (Wildman–Crippen LogP) is 3.64. The molecule has 1 rings (SSSR count). The largest absolute Gasteiger partial charge is 0.481 e. The molecule has 0 spiro atoms. The first kappa shape index (κ1) is 16.3. The molecule has 106 valence electrons. The Morgan fingerprint density at radius 2 is 2.11 bits per heavy atom. The molecule has 3 nitrogen and oxygen atoms in total. The Balaban J connectivity index is 2.57. The summed E-state index contributed by atoms with van der Waals surface area (Å²) in [4.78, 5) is 12.0. The van der Waals surface area contributed by atoms with Gasteiger partial charge >= 0.3 is 0 Å². The van der Waals surface area contributed by atoms with Gasteiger partial charge in [-0.25, -0.2) is 0 Å². The third-order valence-corrected chi connectivity index (χ3v) is 3.71. The maximum Gasteiger partial charge on any atom is 0.261 e. The summed E-state index contributed by atoms with van der Waals surface area (Å²) in [5.74, 6) is 0.829. The molecule has 0 bridgehead atoms. The van der Waals surface area contributed by atoms with Crippen molar-refractivity contribution in [2.75, 3.05) is 5.33 Å². The van der Waals surface area contributed by atoms with Crippen LogP contribution in [0.4, 0.5) is 0 Å². The van der Waals surface area contributed by atoms with E-state index in [1.165, 1.54) is 0 Å². The van der Waals surface area contributed by atoms with Gasteiger partial charge in [0, 0.05) is 16.4 Å². The van der Waals surface area contributed by atoms with Crippen LogP contribution in [-0.4, -0.2) is 23.4 Å². The minimum absolute atomic E-state index is 0.0953. The van der Waals surface area contributed by atoms with E-state index in [0.29, 0.717) is 16.7 Å². The van der Waals surface area contributed by atoms with Crippen molar-refractivity contribution in [3.8, 4) is 5.75 Å². The van der Waals surface area contributed by atoms with Crippen LogP contribution < -0.4 is 10.1 Å². The van der Waals surface area contributed by atoms with E-state index < -0.39 is 6.10 Å². The van der Waals surface area contributed by atoms with Gasteiger partial charge in [-0.2, -0.15) is 0 Å². The van der Waals surface area contributed by atoms with Gasteiger partial charge in [-0.3, -0.25) is 4.79 Å². The maximum absolute atomic E-state index is 12.0. The fourth-order valence-corrected chi connectivity index (χ4v) is 2.57.